The van der Waals surface area contributed by atoms with Crippen LogP contribution >= 0.6 is 0 Å². The van der Waals surface area contributed by atoms with E-state index in [2.05, 4.69) is 54.1 Å². The third-order valence-corrected chi connectivity index (χ3v) is 10.1. The molecule has 240 valence electrons. The Balaban J connectivity index is 1.33. The predicted octanol–water partition coefficient (Wildman–Crippen LogP) is 5.15. The maximum absolute atomic E-state index is 14.6. The number of nitriles is 1. The van der Waals surface area contributed by atoms with Crippen molar-refractivity contribution < 1.29 is 19.1 Å². The van der Waals surface area contributed by atoms with Gasteiger partial charge in [-0.2, -0.15) is 15.2 Å². The lowest BCUT2D eigenvalue weighted by Crippen LogP contribution is -2.56. The third kappa shape index (κ3) is 6.24. The molecule has 2 aliphatic carbocycles. The first-order valence-corrected chi connectivity index (χ1v) is 16.5. The molecule has 3 heterocycles. The standard InChI is InChI=1S/C35H46N6O4/c1-23-19-35(20-24-9-6-7-11-27(23)24)14-12-28-29(30(35)42)37-32(44-22-26-10-8-16-39(26)5)38-31(28)40-17-18-41(25(21-40)13-15-36)33(43)45-34(2,3)4/h6-7,9,11,23,25-26H,8,10,12-14,16-22H2,1-5H3/t23?,25-,26-,35+/m0/s1. The number of hydrogen-bond donors (Lipinski definition) is 0. The maximum atomic E-state index is 14.6. The van der Waals surface area contributed by atoms with Gasteiger partial charge in [-0.25, -0.2) is 4.79 Å². The number of amides is 1. The third-order valence-electron chi connectivity index (χ3n) is 10.1. The fourth-order valence-electron chi connectivity index (χ4n) is 7.85. The zero-order chi connectivity index (χ0) is 31.9. The van der Waals surface area contributed by atoms with E-state index < -0.39 is 17.1 Å². The zero-order valence-electron chi connectivity index (χ0n) is 27.3. The summed E-state index contributed by atoms with van der Waals surface area (Å²) in [5, 5.41) is 9.66. The second kappa shape index (κ2) is 12.2. The summed E-state index contributed by atoms with van der Waals surface area (Å²) in [5.74, 6) is 1.05. The number of carbonyl (C=O) groups excluding carboxylic acids is 2. The second-order valence-electron chi connectivity index (χ2n) is 14.5. The number of fused-ring (bicyclic) bond motifs is 2. The molecule has 2 aromatic rings. The van der Waals surface area contributed by atoms with Crippen LogP contribution in [0.5, 0.6) is 6.01 Å². The Morgan fingerprint density at radius 1 is 1.16 bits per heavy atom. The van der Waals surface area contributed by atoms with Crippen molar-refractivity contribution in [3.05, 3.63) is 46.6 Å². The molecule has 10 nitrogen and oxygen atoms in total. The molecule has 6 rings (SSSR count). The number of likely N-dealkylation sites (N-methyl/N-ethyl adjacent to an activating group) is 1. The van der Waals surface area contributed by atoms with Crippen molar-refractivity contribution in [3.63, 3.8) is 0 Å². The number of likely N-dealkylation sites (tertiary alicyclic amines) is 1. The molecule has 1 aromatic heterocycles. The van der Waals surface area contributed by atoms with Crippen molar-refractivity contribution >= 4 is 17.7 Å². The minimum absolute atomic E-state index is 0.0811. The number of rotatable bonds is 5. The fraction of sp³-hybridized carbons (Fsp3) is 0.629. The molecule has 4 atom stereocenters. The number of nitrogens with zero attached hydrogens (tertiary/aromatic N) is 6. The van der Waals surface area contributed by atoms with E-state index in [9.17, 15) is 14.9 Å². The highest BCUT2D eigenvalue weighted by Crippen LogP contribution is 2.50. The quantitative estimate of drug-likeness (QED) is 0.451. The van der Waals surface area contributed by atoms with Crippen LogP contribution in [0.4, 0.5) is 10.6 Å². The minimum atomic E-state index is -0.635. The van der Waals surface area contributed by atoms with Crippen LogP contribution in [0.15, 0.2) is 24.3 Å². The fourth-order valence-corrected chi connectivity index (χ4v) is 7.85. The summed E-state index contributed by atoms with van der Waals surface area (Å²) in [4.78, 5) is 43.5. The molecule has 2 fully saturated rings. The van der Waals surface area contributed by atoms with E-state index in [0.29, 0.717) is 50.6 Å². The summed E-state index contributed by atoms with van der Waals surface area (Å²) in [7, 11) is 2.11. The van der Waals surface area contributed by atoms with Gasteiger partial charge in [0.25, 0.3) is 0 Å². The Kier molecular flexibility index (Phi) is 8.51. The van der Waals surface area contributed by atoms with Crippen LogP contribution in [0.2, 0.25) is 0 Å². The number of benzene rings is 1. The average molecular weight is 615 g/mol. The van der Waals surface area contributed by atoms with Gasteiger partial charge in [-0.15, -0.1) is 0 Å². The van der Waals surface area contributed by atoms with Crippen LogP contribution in [0.3, 0.4) is 0 Å². The van der Waals surface area contributed by atoms with Crippen molar-refractivity contribution in [2.45, 2.75) is 96.2 Å². The first-order valence-electron chi connectivity index (χ1n) is 16.5. The number of anilines is 1. The molecule has 1 aromatic carbocycles. The predicted molar refractivity (Wildman–Crippen MR) is 171 cm³/mol. The maximum Gasteiger partial charge on any atom is 0.410 e. The molecule has 10 heteroatoms. The molecule has 2 saturated heterocycles. The van der Waals surface area contributed by atoms with Gasteiger partial charge in [0.1, 0.15) is 23.7 Å². The largest absolute Gasteiger partial charge is 0.462 e. The SMILES string of the molecule is CC1C[C@]2(CCc3c(nc(OC[C@@H]4CCCN4C)nc3N3CCN(C(=O)OC(C)(C)C)[C@@H](CC#N)C3)C2=O)Cc2ccccc21. The highest BCUT2D eigenvalue weighted by Gasteiger charge is 2.48. The van der Waals surface area contributed by atoms with E-state index >= 15 is 0 Å². The van der Waals surface area contributed by atoms with Gasteiger partial charge in [0.15, 0.2) is 5.78 Å². The number of aromatic nitrogens is 2. The number of carbonyl (C=O) groups is 2. The first-order chi connectivity index (χ1) is 21.5. The Morgan fingerprint density at radius 2 is 1.96 bits per heavy atom. The number of ether oxygens (including phenoxy) is 2. The van der Waals surface area contributed by atoms with Crippen molar-refractivity contribution in [1.82, 2.24) is 19.8 Å². The highest BCUT2D eigenvalue weighted by molar-refractivity contribution is 6.02. The molecule has 1 spiro atoms. The van der Waals surface area contributed by atoms with E-state index in [0.717, 1.165) is 37.8 Å². The summed E-state index contributed by atoms with van der Waals surface area (Å²) in [6.45, 7) is 10.5. The summed E-state index contributed by atoms with van der Waals surface area (Å²) in [6, 6.07) is 10.9. The molecule has 0 N–H and O–H groups in total. The van der Waals surface area contributed by atoms with Gasteiger partial charge in [-0.3, -0.25) is 4.79 Å². The van der Waals surface area contributed by atoms with Gasteiger partial charge in [-0.05, 0) is 89.9 Å². The van der Waals surface area contributed by atoms with Gasteiger partial charge in [0.2, 0.25) is 0 Å². The molecule has 0 radical (unpaired) electrons. The monoisotopic (exact) mass is 614 g/mol. The van der Waals surface area contributed by atoms with Crippen molar-refractivity contribution in [1.29, 1.82) is 5.26 Å². The van der Waals surface area contributed by atoms with Crippen LogP contribution in [0.1, 0.15) is 92.9 Å². The Labute approximate surface area is 266 Å². The summed E-state index contributed by atoms with van der Waals surface area (Å²) in [6.07, 6.45) is 4.86. The lowest BCUT2D eigenvalue weighted by atomic mass is 9.60. The average Bonchev–Trinajstić information content (AvgIpc) is 3.41. The van der Waals surface area contributed by atoms with E-state index in [1.807, 2.05) is 20.8 Å². The molecule has 2 aliphatic heterocycles. The Hall–Kier alpha value is -3.71. The molecular formula is C35H46N6O4. The lowest BCUT2D eigenvalue weighted by molar-refractivity contribution is 0.0144. The Morgan fingerprint density at radius 3 is 2.69 bits per heavy atom. The van der Waals surface area contributed by atoms with E-state index in [-0.39, 0.29) is 36.2 Å². The van der Waals surface area contributed by atoms with Crippen LogP contribution in [0, 0.1) is 16.7 Å². The molecule has 1 amide bonds. The number of ketones is 1. The van der Waals surface area contributed by atoms with Gasteiger partial charge in [0.05, 0.1) is 18.5 Å². The molecule has 4 aliphatic rings. The van der Waals surface area contributed by atoms with Gasteiger partial charge >= 0.3 is 12.1 Å². The topological polar surface area (TPSA) is 112 Å². The summed E-state index contributed by atoms with van der Waals surface area (Å²) >= 11 is 0. The Bertz CT molecular complexity index is 1500. The molecule has 1 unspecified atom stereocenters. The number of hydrogen-bond acceptors (Lipinski definition) is 9. The van der Waals surface area contributed by atoms with Crippen LogP contribution in [-0.2, 0) is 17.6 Å². The molecule has 0 saturated carbocycles. The molecule has 45 heavy (non-hydrogen) atoms. The van der Waals surface area contributed by atoms with E-state index in [4.69, 9.17) is 19.4 Å². The smallest absolute Gasteiger partial charge is 0.410 e. The van der Waals surface area contributed by atoms with Gasteiger partial charge in [0, 0.05) is 36.7 Å². The van der Waals surface area contributed by atoms with E-state index in [1.54, 1.807) is 4.90 Å². The molecule has 0 bridgehead atoms. The number of Topliss-reactive ketones (excluding diaryl/α,β-unsaturated/α-hetero) is 1. The van der Waals surface area contributed by atoms with Crippen LogP contribution in [0.25, 0.3) is 0 Å². The molecular weight excluding hydrogens is 568 g/mol. The summed E-state index contributed by atoms with van der Waals surface area (Å²) < 4.78 is 11.9. The summed E-state index contributed by atoms with van der Waals surface area (Å²) in [5.41, 5.74) is 2.77. The van der Waals surface area contributed by atoms with Crippen molar-refractivity contribution in [2.24, 2.45) is 5.41 Å². The lowest BCUT2D eigenvalue weighted by Gasteiger charge is -2.44. The highest BCUT2D eigenvalue weighted by atomic mass is 16.6. The second-order valence-corrected chi connectivity index (χ2v) is 14.5. The van der Waals surface area contributed by atoms with Crippen molar-refractivity contribution in [2.75, 3.05) is 44.7 Å². The number of piperazine rings is 1. The minimum Gasteiger partial charge on any atom is -0.462 e. The van der Waals surface area contributed by atoms with E-state index in [1.165, 1.54) is 11.1 Å². The zero-order valence-corrected chi connectivity index (χ0v) is 27.3. The van der Waals surface area contributed by atoms with Crippen LogP contribution in [-0.4, -0.2) is 89.2 Å². The first kappa shape index (κ1) is 31.3. The van der Waals surface area contributed by atoms with Crippen molar-refractivity contribution in [3.8, 4) is 12.1 Å². The van der Waals surface area contributed by atoms with Gasteiger partial charge in [-0.1, -0.05) is 31.2 Å². The van der Waals surface area contributed by atoms with Gasteiger partial charge < -0.3 is 24.2 Å². The normalized spacial score (nSPS) is 26.8. The van der Waals surface area contributed by atoms with Crippen LogP contribution < -0.4 is 9.64 Å².